The van der Waals surface area contributed by atoms with Crippen LogP contribution in [0.15, 0.2) is 11.1 Å². The van der Waals surface area contributed by atoms with Gasteiger partial charge in [0.15, 0.2) is 11.2 Å². The average molecular weight is 491 g/mol. The summed E-state index contributed by atoms with van der Waals surface area (Å²) in [5.41, 5.74) is 5.43. The molecule has 0 aromatic carbocycles. The lowest BCUT2D eigenvalue weighted by molar-refractivity contribution is -0.134. The van der Waals surface area contributed by atoms with Crippen LogP contribution in [0.5, 0.6) is 0 Å². The van der Waals surface area contributed by atoms with Crippen molar-refractivity contribution < 1.29 is 33.9 Å². The molecule has 3 rings (SSSR count). The Morgan fingerprint density at radius 2 is 2.06 bits per heavy atom. The van der Waals surface area contributed by atoms with E-state index in [1.54, 1.807) is 0 Å². The summed E-state index contributed by atoms with van der Waals surface area (Å²) in [7, 11) is -3.72. The van der Waals surface area contributed by atoms with Crippen molar-refractivity contribution in [2.75, 3.05) is 31.3 Å². The van der Waals surface area contributed by atoms with E-state index in [9.17, 15) is 24.2 Å². The SMILES string of the molecule is CC.CC.Nc1nc2c(ncn2C2CC(O)C(COCCCP(=O)(O)CC(=O)O)O2)c(=O)[nH]1. The van der Waals surface area contributed by atoms with Crippen molar-refractivity contribution in [3.63, 3.8) is 0 Å². The number of imidazole rings is 1. The summed E-state index contributed by atoms with van der Waals surface area (Å²) < 4.78 is 24.3. The van der Waals surface area contributed by atoms with E-state index >= 15 is 0 Å². The minimum absolute atomic E-state index is 0.0368. The number of carbonyl (C=O) groups is 1. The third kappa shape index (κ3) is 8.20. The van der Waals surface area contributed by atoms with E-state index in [1.807, 2.05) is 27.7 Å². The predicted molar refractivity (Wildman–Crippen MR) is 122 cm³/mol. The largest absolute Gasteiger partial charge is 0.481 e. The zero-order valence-electron chi connectivity index (χ0n) is 19.3. The quantitative estimate of drug-likeness (QED) is 0.249. The second kappa shape index (κ2) is 13.4. The standard InChI is InChI=1S/C15H22N5O8P.2C2H6/c16-15-18-13-12(14(24)19-15)17-7-20(13)10-4-8(21)9(28-10)5-27-2-1-3-29(25,26)6-11(22)23;2*1-2/h7-10,21H,1-6H2,(H,22,23)(H,25,26)(H3,16,18,19,24);2*1-2H3. The number of anilines is 1. The zero-order valence-corrected chi connectivity index (χ0v) is 20.2. The number of aliphatic hydroxyl groups excluding tert-OH is 1. The Morgan fingerprint density at radius 1 is 1.39 bits per heavy atom. The third-order valence-corrected chi connectivity index (χ3v) is 6.21. The lowest BCUT2D eigenvalue weighted by Crippen LogP contribution is -2.26. The highest BCUT2D eigenvalue weighted by atomic mass is 31.2. The number of rotatable bonds is 9. The number of hydrogen-bond donors (Lipinski definition) is 5. The Bertz CT molecular complexity index is 994. The van der Waals surface area contributed by atoms with Gasteiger partial charge >= 0.3 is 5.97 Å². The van der Waals surface area contributed by atoms with Crippen molar-refractivity contribution >= 4 is 30.5 Å². The third-order valence-electron chi connectivity index (χ3n) is 4.43. The molecule has 4 unspecified atom stereocenters. The highest BCUT2D eigenvalue weighted by Crippen LogP contribution is 2.40. The van der Waals surface area contributed by atoms with Crippen LogP contribution >= 0.6 is 7.37 Å². The van der Waals surface area contributed by atoms with Gasteiger partial charge in [0.05, 0.1) is 19.0 Å². The Hall–Kier alpha value is -2.31. The minimum Gasteiger partial charge on any atom is -0.481 e. The molecule has 0 spiro atoms. The summed E-state index contributed by atoms with van der Waals surface area (Å²) in [5, 5.41) is 18.8. The first-order chi connectivity index (χ1) is 15.7. The molecular weight excluding hydrogens is 457 g/mol. The first-order valence-corrected chi connectivity index (χ1v) is 12.9. The molecule has 2 aromatic rings. The molecule has 1 fully saturated rings. The van der Waals surface area contributed by atoms with Crippen LogP contribution in [-0.2, 0) is 18.8 Å². The van der Waals surface area contributed by atoms with Crippen LogP contribution in [0.1, 0.15) is 46.8 Å². The number of aliphatic hydroxyl groups is 1. The van der Waals surface area contributed by atoms with Crippen molar-refractivity contribution in [3.8, 4) is 0 Å². The van der Waals surface area contributed by atoms with Crippen LogP contribution < -0.4 is 11.3 Å². The molecule has 3 heterocycles. The van der Waals surface area contributed by atoms with Gasteiger partial charge in [-0.25, -0.2) is 4.98 Å². The summed E-state index contributed by atoms with van der Waals surface area (Å²) >= 11 is 0. The molecule has 1 aliphatic heterocycles. The van der Waals surface area contributed by atoms with Gasteiger partial charge in [-0.1, -0.05) is 27.7 Å². The number of fused-ring (bicyclic) bond motifs is 1. The van der Waals surface area contributed by atoms with E-state index < -0.39 is 43.5 Å². The molecule has 1 aliphatic rings. The Balaban J connectivity index is 0.00000129. The van der Waals surface area contributed by atoms with E-state index in [2.05, 4.69) is 15.0 Å². The van der Waals surface area contributed by atoms with Crippen molar-refractivity contribution in [2.24, 2.45) is 0 Å². The first-order valence-electron chi connectivity index (χ1n) is 10.8. The lowest BCUT2D eigenvalue weighted by Gasteiger charge is -2.16. The van der Waals surface area contributed by atoms with E-state index in [0.717, 1.165) is 0 Å². The average Bonchev–Trinajstić information content (AvgIpc) is 3.33. The van der Waals surface area contributed by atoms with Crippen molar-refractivity contribution in [2.45, 2.75) is 59.0 Å². The molecule has 2 aromatic heterocycles. The van der Waals surface area contributed by atoms with Crippen LogP contribution in [-0.4, -0.2) is 78.3 Å². The van der Waals surface area contributed by atoms with Gasteiger partial charge in [-0.2, -0.15) is 4.98 Å². The molecule has 4 atom stereocenters. The second-order valence-electron chi connectivity index (χ2n) is 6.76. The van der Waals surface area contributed by atoms with Crippen molar-refractivity contribution in [3.05, 3.63) is 16.7 Å². The normalized spacial score (nSPS) is 21.5. The van der Waals surface area contributed by atoms with Crippen LogP contribution in [0.2, 0.25) is 0 Å². The molecule has 0 aliphatic carbocycles. The number of aliphatic carboxylic acids is 1. The van der Waals surface area contributed by atoms with Crippen LogP contribution in [0.25, 0.3) is 11.2 Å². The van der Waals surface area contributed by atoms with E-state index in [-0.39, 0.29) is 49.3 Å². The number of carboxylic acids is 1. The fourth-order valence-electron chi connectivity index (χ4n) is 3.09. The number of nitrogens with zero attached hydrogens (tertiary/aromatic N) is 3. The van der Waals surface area contributed by atoms with Gasteiger partial charge in [0.1, 0.15) is 18.5 Å². The summed E-state index contributed by atoms with van der Waals surface area (Å²) in [6, 6.07) is 0. The minimum atomic E-state index is -3.72. The summed E-state index contributed by atoms with van der Waals surface area (Å²) in [6.45, 7) is 8.15. The second-order valence-corrected chi connectivity index (χ2v) is 9.21. The van der Waals surface area contributed by atoms with Crippen molar-refractivity contribution in [1.82, 2.24) is 19.5 Å². The Kier molecular flexibility index (Phi) is 11.7. The maximum Gasteiger partial charge on any atom is 0.313 e. The van der Waals surface area contributed by atoms with E-state index in [1.165, 1.54) is 10.9 Å². The van der Waals surface area contributed by atoms with Gasteiger partial charge in [0.2, 0.25) is 13.3 Å². The molecule has 0 bridgehead atoms. The van der Waals surface area contributed by atoms with Gasteiger partial charge < -0.3 is 30.3 Å². The number of nitrogens with two attached hydrogens (primary N) is 1. The van der Waals surface area contributed by atoms with Gasteiger partial charge in [-0.3, -0.25) is 23.7 Å². The fraction of sp³-hybridized carbons (Fsp3) is 0.684. The lowest BCUT2D eigenvalue weighted by atomic mass is 10.2. The first kappa shape index (κ1) is 28.7. The van der Waals surface area contributed by atoms with E-state index in [4.69, 9.17) is 20.3 Å². The maximum atomic E-state index is 11.9. The molecular formula is C19H34N5O8P. The highest BCUT2D eigenvalue weighted by Gasteiger charge is 2.36. The number of hydrogen-bond acceptors (Lipinski definition) is 9. The number of carboxylic acid groups (broad SMARTS) is 1. The number of aromatic nitrogens is 4. The molecule has 0 amide bonds. The molecule has 6 N–H and O–H groups in total. The number of ether oxygens (including phenoxy) is 2. The molecule has 33 heavy (non-hydrogen) atoms. The molecule has 188 valence electrons. The fourth-order valence-corrected chi connectivity index (χ4v) is 4.30. The number of aromatic amines is 1. The summed E-state index contributed by atoms with van der Waals surface area (Å²) in [4.78, 5) is 42.3. The Morgan fingerprint density at radius 3 is 2.70 bits per heavy atom. The number of nitrogen functional groups attached to an aromatic ring is 1. The molecule has 14 heteroatoms. The van der Waals surface area contributed by atoms with Crippen LogP contribution in [0.3, 0.4) is 0 Å². The smallest absolute Gasteiger partial charge is 0.313 e. The molecule has 0 radical (unpaired) electrons. The van der Waals surface area contributed by atoms with Crippen LogP contribution in [0.4, 0.5) is 5.95 Å². The summed E-state index contributed by atoms with van der Waals surface area (Å²) in [5.74, 6) is -1.39. The molecule has 13 nitrogen and oxygen atoms in total. The van der Waals surface area contributed by atoms with Gasteiger partial charge in [-0.05, 0) is 6.42 Å². The highest BCUT2D eigenvalue weighted by molar-refractivity contribution is 7.58. The number of nitrogens with one attached hydrogen (secondary N) is 1. The van der Waals surface area contributed by atoms with E-state index in [0.29, 0.717) is 0 Å². The topological polar surface area (TPSA) is 203 Å². The van der Waals surface area contributed by atoms with Gasteiger partial charge in [0.25, 0.3) is 5.56 Å². The van der Waals surface area contributed by atoms with Gasteiger partial charge in [0, 0.05) is 19.2 Å². The van der Waals surface area contributed by atoms with Crippen molar-refractivity contribution in [1.29, 1.82) is 0 Å². The summed E-state index contributed by atoms with van der Waals surface area (Å²) in [6.07, 6.45) is -1.26. The zero-order chi connectivity index (χ0) is 25.2. The molecule has 0 saturated carbocycles. The van der Waals surface area contributed by atoms with Gasteiger partial charge in [-0.15, -0.1) is 0 Å². The molecule has 1 saturated heterocycles. The number of H-pyrrole nitrogens is 1. The predicted octanol–water partition coefficient (Wildman–Crippen LogP) is 1.16. The Labute approximate surface area is 191 Å². The monoisotopic (exact) mass is 491 g/mol. The maximum absolute atomic E-state index is 11.9. The van der Waals surface area contributed by atoms with Crippen LogP contribution in [0, 0.1) is 0 Å².